The van der Waals surface area contributed by atoms with E-state index in [9.17, 15) is 123 Å². The lowest BCUT2D eigenvalue weighted by Crippen LogP contribution is -2.30. The van der Waals surface area contributed by atoms with E-state index in [0.717, 1.165) is 5.69 Å². The van der Waals surface area contributed by atoms with Crippen LogP contribution >= 0.6 is 0 Å². The first kappa shape index (κ1) is 71.7. The van der Waals surface area contributed by atoms with Gasteiger partial charge in [-0.2, -0.15) is 0 Å². The van der Waals surface area contributed by atoms with E-state index in [4.69, 9.17) is 5.73 Å². The number of anilines is 1. The fraction of sp³-hybridized carbons (Fsp3) is 0.148. The summed E-state index contributed by atoms with van der Waals surface area (Å²) in [4.78, 5) is 0. The number of para-hydroxylation sites is 1. The zero-order chi connectivity index (χ0) is 66.5. The van der Waals surface area contributed by atoms with Crippen molar-refractivity contribution in [1.29, 1.82) is 0 Å². The summed E-state index contributed by atoms with van der Waals surface area (Å²) in [6.07, 6.45) is 0. The SMILES string of the molecule is Nc1ccccc1.[CH3][Al]([CH3])[c]1c(F)c(F)c(F)c2c(F)c(F)c(F)c(F)c12.[CH3][Al]([CH3])[c]1c(F)c(F)c(F)c2c(F)c(F)c(F)c(F)c12.[CH3][Al]([CH3])[c]1c(F)c(F)c(F)c2c(F)c(F)c(F)c(F)c12.[CH3][Al]([CH3])[c]1c(F)c(F)c(F)c2c(F)c(F)c(F)c(F)c12. The van der Waals surface area contributed by atoms with Crippen molar-refractivity contribution in [3.8, 4) is 0 Å². The molecular formula is C54H31Al4F28N. The van der Waals surface area contributed by atoms with Gasteiger partial charge < -0.3 is 5.73 Å². The van der Waals surface area contributed by atoms with Gasteiger partial charge in [0.25, 0.3) is 0 Å². The van der Waals surface area contributed by atoms with E-state index in [2.05, 4.69) is 0 Å². The molecule has 0 saturated heterocycles. The molecule has 87 heavy (non-hydrogen) atoms. The van der Waals surface area contributed by atoms with Crippen LogP contribution in [-0.4, -0.2) is 56.6 Å². The second kappa shape index (κ2) is 27.8. The summed E-state index contributed by atoms with van der Waals surface area (Å²) in [5.41, 5.74) is 6.18. The van der Waals surface area contributed by atoms with Gasteiger partial charge >= 0.3 is 56.6 Å². The van der Waals surface area contributed by atoms with Gasteiger partial charge in [-0.25, -0.2) is 123 Å². The minimum atomic E-state index is -2.33. The molecule has 9 rings (SSSR count). The average Bonchev–Trinajstić information content (AvgIpc) is 0.829. The predicted octanol–water partition coefficient (Wildman–Crippen LogP) is 16.4. The molecular weight excluding hydrogens is 1300 g/mol. The van der Waals surface area contributed by atoms with E-state index >= 15 is 0 Å². The summed E-state index contributed by atoms with van der Waals surface area (Å²) in [6, 6.07) is 9.49. The first-order chi connectivity index (χ1) is 40.2. The number of benzene rings is 9. The third-order valence-corrected chi connectivity index (χ3v) is 19.4. The van der Waals surface area contributed by atoms with Crippen molar-refractivity contribution in [3.05, 3.63) is 193 Å². The summed E-state index contributed by atoms with van der Waals surface area (Å²) >= 11 is -9.32. The minimum absolute atomic E-state index is 0.616. The number of halogens is 28. The van der Waals surface area contributed by atoms with Crippen molar-refractivity contribution in [1.82, 2.24) is 0 Å². The van der Waals surface area contributed by atoms with Crippen LogP contribution in [0, 0.1) is 163 Å². The number of rotatable bonds is 4. The zero-order valence-corrected chi connectivity index (χ0v) is 49.5. The molecule has 0 saturated carbocycles. The quantitative estimate of drug-likeness (QED) is 0.0614. The maximum absolute atomic E-state index is 13.7. The molecule has 2 N–H and O–H groups in total. The lowest BCUT2D eigenvalue weighted by molar-refractivity contribution is 0.411. The van der Waals surface area contributed by atoms with Crippen molar-refractivity contribution >= 4 is 123 Å². The number of nitrogen functional groups attached to an aromatic ring is 1. The molecule has 0 bridgehead atoms. The van der Waals surface area contributed by atoms with E-state index in [1.54, 1.807) is 0 Å². The van der Waals surface area contributed by atoms with Gasteiger partial charge in [0.05, 0.1) is 21.5 Å². The van der Waals surface area contributed by atoms with Crippen LogP contribution in [0.1, 0.15) is 0 Å². The van der Waals surface area contributed by atoms with Gasteiger partial charge in [0.2, 0.25) is 0 Å². The van der Waals surface area contributed by atoms with E-state index in [1.807, 2.05) is 30.3 Å². The van der Waals surface area contributed by atoms with E-state index in [-0.39, 0.29) is 0 Å². The summed E-state index contributed by atoms with van der Waals surface area (Å²) in [6.45, 7) is 0. The van der Waals surface area contributed by atoms with Crippen LogP contribution in [0.3, 0.4) is 0 Å². The van der Waals surface area contributed by atoms with Gasteiger partial charge in [-0.05, 0) is 12.1 Å². The van der Waals surface area contributed by atoms with Crippen molar-refractivity contribution in [3.63, 3.8) is 0 Å². The molecule has 0 fully saturated rings. The summed E-state index contributed by atoms with van der Waals surface area (Å²) in [5.74, 6) is -45.6. The van der Waals surface area contributed by atoms with Gasteiger partial charge in [0, 0.05) is 27.2 Å². The lowest BCUT2D eigenvalue weighted by atomic mass is 10.1. The Morgan fingerprint density at radius 3 is 0.425 bits per heavy atom. The molecule has 0 aliphatic carbocycles. The second-order valence-electron chi connectivity index (χ2n) is 19.5. The Bertz CT molecular complexity index is 3700. The van der Waals surface area contributed by atoms with Crippen LogP contribution in [0.5, 0.6) is 0 Å². The van der Waals surface area contributed by atoms with Gasteiger partial charge in [-0.1, -0.05) is 35.9 Å². The van der Waals surface area contributed by atoms with Crippen LogP contribution in [0.4, 0.5) is 129 Å². The Morgan fingerprint density at radius 2 is 0.310 bits per heavy atom. The summed E-state index contributed by atoms with van der Waals surface area (Å²) in [5, 5.41) is -9.90. The molecule has 0 unspecified atom stereocenters. The Morgan fingerprint density at radius 1 is 0.184 bits per heavy atom. The maximum Gasteiger partial charge on any atom is 0.305 e. The van der Waals surface area contributed by atoms with Crippen molar-refractivity contribution in [2.45, 2.75) is 46.3 Å². The van der Waals surface area contributed by atoms with Crippen LogP contribution in [0.25, 0.3) is 43.1 Å². The third-order valence-electron chi connectivity index (χ3n) is 12.6. The smallest absolute Gasteiger partial charge is 0.305 e. The maximum atomic E-state index is 13.7. The molecule has 1 nitrogen and oxygen atoms in total. The largest absolute Gasteiger partial charge is 0.399 e. The second-order valence-corrected chi connectivity index (χ2v) is 31.0. The van der Waals surface area contributed by atoms with E-state index < -0.39 is 280 Å². The predicted molar refractivity (Wildman–Crippen MR) is 274 cm³/mol. The number of nitrogens with two attached hydrogens (primary N) is 1. The normalized spacial score (nSPS) is 11.0. The molecule has 33 heteroatoms. The first-order valence-electron chi connectivity index (χ1n) is 24.3. The lowest BCUT2D eigenvalue weighted by Gasteiger charge is -2.14. The molecule has 0 radical (unpaired) electrons. The molecule has 0 aliphatic heterocycles. The standard InChI is InChI=1S/4C10F7.C6H7N.8CH3.4Al/c4*11-3-1-2-4(7(14)6(3)13)8(15)10(17)9(16)5(2)12;7-6-4-2-1-3-5-6;;;;;;;;;;;;/h;;;;1-5H,7H2;8*1H3;;;;. The topological polar surface area (TPSA) is 26.0 Å². The highest BCUT2D eigenvalue weighted by Gasteiger charge is 2.36. The molecule has 460 valence electrons. The fourth-order valence-electron chi connectivity index (χ4n) is 8.72. The Balaban J connectivity index is 0.000000203. The Hall–Kier alpha value is -6.01. The molecule has 9 aromatic carbocycles. The van der Waals surface area contributed by atoms with Crippen LogP contribution in [0.15, 0.2) is 30.3 Å². The zero-order valence-electron chi connectivity index (χ0n) is 44.9. The Labute approximate surface area is 488 Å². The van der Waals surface area contributed by atoms with Gasteiger partial charge in [0.1, 0.15) is 23.3 Å². The van der Waals surface area contributed by atoms with E-state index in [0.29, 0.717) is 0 Å². The monoisotopic (exact) mass is 1330 g/mol. The van der Waals surface area contributed by atoms with Crippen molar-refractivity contribution in [2.75, 3.05) is 5.73 Å². The molecule has 0 spiro atoms. The fourth-order valence-corrected chi connectivity index (χ4v) is 14.6. The van der Waals surface area contributed by atoms with Crippen molar-refractivity contribution in [2.24, 2.45) is 0 Å². The highest BCUT2D eigenvalue weighted by atomic mass is 27.2. The average molecular weight is 1330 g/mol. The summed E-state index contributed by atoms with van der Waals surface area (Å²) in [7, 11) is 0. The Kier molecular flexibility index (Phi) is 22.9. The highest BCUT2D eigenvalue weighted by molar-refractivity contribution is 6.74. The van der Waals surface area contributed by atoms with Crippen LogP contribution in [0.2, 0.25) is 46.3 Å². The third kappa shape index (κ3) is 12.9. The van der Waals surface area contributed by atoms with Gasteiger partial charge in [-0.15, -0.1) is 46.3 Å². The minimum Gasteiger partial charge on any atom is -0.399 e. The first-order valence-corrected chi connectivity index (χ1v) is 35.8. The van der Waals surface area contributed by atoms with E-state index in [1.165, 1.54) is 46.3 Å². The molecule has 0 heterocycles. The highest BCUT2D eigenvalue weighted by Crippen LogP contribution is 2.35. The number of hydrogen-bond acceptors (Lipinski definition) is 1. The van der Waals surface area contributed by atoms with Crippen LogP contribution in [-0.2, 0) is 0 Å². The van der Waals surface area contributed by atoms with Gasteiger partial charge in [0.15, 0.2) is 140 Å². The van der Waals surface area contributed by atoms with Crippen molar-refractivity contribution < 1.29 is 123 Å². The molecule has 0 amide bonds. The number of hydrogen-bond donors (Lipinski definition) is 1. The van der Waals surface area contributed by atoms with Gasteiger partial charge in [-0.3, -0.25) is 0 Å². The summed E-state index contributed by atoms with van der Waals surface area (Å²) < 4.78 is 375. The molecule has 0 aliphatic rings. The molecule has 0 atom stereocenters. The number of fused-ring (bicyclic) bond motifs is 4. The van der Waals surface area contributed by atoms with Crippen LogP contribution < -0.4 is 23.4 Å². The molecule has 0 aromatic heterocycles. The molecule has 9 aromatic rings.